The molecule has 0 atom stereocenters. The average Bonchev–Trinajstić information content (AvgIpc) is 2.52. The van der Waals surface area contributed by atoms with Crippen LogP contribution in [0.15, 0.2) is 53.0 Å². The van der Waals surface area contributed by atoms with Crippen molar-refractivity contribution in [3.63, 3.8) is 0 Å². The van der Waals surface area contributed by atoms with Crippen LogP contribution in [0.2, 0.25) is 0 Å². The monoisotopic (exact) mass is 341 g/mol. The van der Waals surface area contributed by atoms with Crippen LogP contribution in [0.3, 0.4) is 0 Å². The quantitative estimate of drug-likeness (QED) is 0.617. The summed E-state index contributed by atoms with van der Waals surface area (Å²) in [4.78, 5) is 12.0. The third kappa shape index (κ3) is 3.80. The maximum atomic E-state index is 12.0. The van der Waals surface area contributed by atoms with Crippen LogP contribution in [0.4, 0.5) is 0 Å². The Morgan fingerprint density at radius 1 is 1.24 bits per heavy atom. The van der Waals surface area contributed by atoms with Crippen LogP contribution in [-0.4, -0.2) is 12.9 Å². The Morgan fingerprint density at radius 3 is 2.52 bits per heavy atom. The molecule has 0 amide bonds. The minimum atomic E-state index is -0.105. The molecule has 0 aromatic heterocycles. The van der Waals surface area contributed by atoms with E-state index >= 15 is 0 Å². The first kappa shape index (κ1) is 15.0. The molecule has 21 heavy (non-hydrogen) atoms. The molecule has 0 aliphatic carbocycles. The van der Waals surface area contributed by atoms with Crippen LogP contribution in [0.1, 0.15) is 21.5 Å². The Labute approximate surface area is 131 Å². The molecule has 0 unspecified atom stereocenters. The summed E-state index contributed by atoms with van der Waals surface area (Å²) in [6.45, 7) is 0. The van der Waals surface area contributed by atoms with Gasteiger partial charge in [0.05, 0.1) is 23.2 Å². The van der Waals surface area contributed by atoms with E-state index in [1.807, 2.05) is 24.3 Å². The fourth-order valence-corrected chi connectivity index (χ4v) is 2.32. The predicted molar refractivity (Wildman–Crippen MR) is 85.2 cm³/mol. The standard InChI is InChI=1S/C17H12BrNO2/c1-21-17-9-5-12(10-15(17)18)4-8-16(20)14-6-2-13(11-19)3-7-14/h2-10H,1H3. The summed E-state index contributed by atoms with van der Waals surface area (Å²) in [7, 11) is 1.60. The molecule has 0 saturated heterocycles. The molecule has 0 N–H and O–H groups in total. The lowest BCUT2D eigenvalue weighted by Crippen LogP contribution is -1.93. The summed E-state index contributed by atoms with van der Waals surface area (Å²) in [5.41, 5.74) is 1.98. The molecule has 0 saturated carbocycles. The molecule has 2 aromatic carbocycles. The van der Waals surface area contributed by atoms with Crippen molar-refractivity contribution < 1.29 is 9.53 Å². The third-order valence-electron chi connectivity index (χ3n) is 2.90. The minimum absolute atomic E-state index is 0.105. The van der Waals surface area contributed by atoms with Crippen molar-refractivity contribution in [2.75, 3.05) is 7.11 Å². The molecule has 3 nitrogen and oxygen atoms in total. The minimum Gasteiger partial charge on any atom is -0.496 e. The maximum Gasteiger partial charge on any atom is 0.185 e. The van der Waals surface area contributed by atoms with Crippen molar-refractivity contribution in [2.45, 2.75) is 0 Å². The molecule has 0 fully saturated rings. The Bertz CT molecular complexity index is 727. The van der Waals surface area contributed by atoms with Crippen molar-refractivity contribution in [3.8, 4) is 11.8 Å². The van der Waals surface area contributed by atoms with Gasteiger partial charge < -0.3 is 4.74 Å². The maximum absolute atomic E-state index is 12.0. The number of methoxy groups -OCH3 is 1. The second-order valence-electron chi connectivity index (χ2n) is 4.28. The van der Waals surface area contributed by atoms with Crippen LogP contribution >= 0.6 is 15.9 Å². The number of allylic oxidation sites excluding steroid dienone is 1. The summed E-state index contributed by atoms with van der Waals surface area (Å²) in [5, 5.41) is 8.72. The molecule has 0 radical (unpaired) electrons. The SMILES string of the molecule is COc1ccc(C=CC(=O)c2ccc(C#N)cc2)cc1Br. The molecule has 0 heterocycles. The third-order valence-corrected chi connectivity index (χ3v) is 3.52. The molecule has 0 bridgehead atoms. The van der Waals surface area contributed by atoms with Gasteiger partial charge in [-0.3, -0.25) is 4.79 Å². The van der Waals surface area contributed by atoms with Crippen LogP contribution in [0.25, 0.3) is 6.08 Å². The largest absolute Gasteiger partial charge is 0.496 e. The van der Waals surface area contributed by atoms with Crippen molar-refractivity contribution in [2.24, 2.45) is 0 Å². The van der Waals surface area contributed by atoms with E-state index in [0.29, 0.717) is 11.1 Å². The summed E-state index contributed by atoms with van der Waals surface area (Å²) < 4.78 is 5.98. The van der Waals surface area contributed by atoms with Gasteiger partial charge in [-0.2, -0.15) is 5.26 Å². The highest BCUT2D eigenvalue weighted by molar-refractivity contribution is 9.10. The molecule has 2 aromatic rings. The second kappa shape index (κ2) is 6.87. The lowest BCUT2D eigenvalue weighted by Gasteiger charge is -2.03. The van der Waals surface area contributed by atoms with Crippen LogP contribution in [0, 0.1) is 11.3 Å². The summed E-state index contributed by atoms with van der Waals surface area (Å²) in [6.07, 6.45) is 3.25. The van der Waals surface area contributed by atoms with E-state index in [2.05, 4.69) is 15.9 Å². The topological polar surface area (TPSA) is 50.1 Å². The number of ketones is 1. The van der Waals surface area contributed by atoms with Crippen LogP contribution in [0.5, 0.6) is 5.75 Å². The number of carbonyl (C=O) groups excluding carboxylic acids is 1. The Kier molecular flexibility index (Phi) is 4.91. The number of nitriles is 1. The van der Waals surface area contributed by atoms with Gasteiger partial charge in [-0.05, 0) is 64.0 Å². The smallest absolute Gasteiger partial charge is 0.185 e. The molecule has 0 aliphatic heterocycles. The first-order valence-electron chi connectivity index (χ1n) is 6.20. The van der Waals surface area contributed by atoms with Crippen molar-refractivity contribution in [1.29, 1.82) is 5.26 Å². The summed E-state index contributed by atoms with van der Waals surface area (Å²) >= 11 is 3.40. The van der Waals surface area contributed by atoms with Crippen molar-refractivity contribution >= 4 is 27.8 Å². The van der Waals surface area contributed by atoms with Crippen LogP contribution < -0.4 is 4.74 Å². The normalized spacial score (nSPS) is 10.3. The number of halogens is 1. The van der Waals surface area contributed by atoms with Gasteiger partial charge in [0.15, 0.2) is 5.78 Å². The van der Waals surface area contributed by atoms with Crippen molar-refractivity contribution in [1.82, 2.24) is 0 Å². The van der Waals surface area contributed by atoms with E-state index in [-0.39, 0.29) is 5.78 Å². The Hall–Kier alpha value is -2.38. The number of nitrogens with zero attached hydrogens (tertiary/aromatic N) is 1. The first-order chi connectivity index (χ1) is 10.1. The predicted octanol–water partition coefficient (Wildman–Crippen LogP) is 4.23. The van der Waals surface area contributed by atoms with Gasteiger partial charge in [0.1, 0.15) is 5.75 Å². The zero-order valence-corrected chi connectivity index (χ0v) is 12.9. The van der Waals surface area contributed by atoms with E-state index in [4.69, 9.17) is 10.00 Å². The molecular formula is C17H12BrNO2. The number of rotatable bonds is 4. The van der Waals surface area contributed by atoms with Gasteiger partial charge >= 0.3 is 0 Å². The molecule has 2 rings (SSSR count). The van der Waals surface area contributed by atoms with Gasteiger partial charge in [-0.25, -0.2) is 0 Å². The lowest BCUT2D eigenvalue weighted by atomic mass is 10.1. The first-order valence-corrected chi connectivity index (χ1v) is 6.99. The van der Waals surface area contributed by atoms with Gasteiger partial charge in [-0.15, -0.1) is 0 Å². The van der Waals surface area contributed by atoms with Crippen LogP contribution in [-0.2, 0) is 0 Å². The highest BCUT2D eigenvalue weighted by Gasteiger charge is 2.03. The van der Waals surface area contributed by atoms with E-state index < -0.39 is 0 Å². The Balaban J connectivity index is 2.14. The fourth-order valence-electron chi connectivity index (χ4n) is 1.76. The van der Waals surface area contributed by atoms with Gasteiger partial charge in [0.2, 0.25) is 0 Å². The Morgan fingerprint density at radius 2 is 1.95 bits per heavy atom. The van der Waals surface area contributed by atoms with E-state index in [0.717, 1.165) is 15.8 Å². The number of hydrogen-bond acceptors (Lipinski definition) is 3. The lowest BCUT2D eigenvalue weighted by molar-refractivity contribution is 0.104. The zero-order valence-electron chi connectivity index (χ0n) is 11.3. The zero-order chi connectivity index (χ0) is 15.2. The van der Waals surface area contributed by atoms with Gasteiger partial charge in [-0.1, -0.05) is 12.1 Å². The molecule has 4 heteroatoms. The molecule has 104 valence electrons. The second-order valence-corrected chi connectivity index (χ2v) is 5.14. The van der Waals surface area contributed by atoms with E-state index in [1.54, 1.807) is 37.5 Å². The highest BCUT2D eigenvalue weighted by atomic mass is 79.9. The van der Waals surface area contributed by atoms with Gasteiger partial charge in [0, 0.05) is 5.56 Å². The van der Waals surface area contributed by atoms with E-state index in [9.17, 15) is 4.79 Å². The highest BCUT2D eigenvalue weighted by Crippen LogP contribution is 2.26. The number of carbonyl (C=O) groups is 1. The average molecular weight is 342 g/mol. The molecule has 0 spiro atoms. The van der Waals surface area contributed by atoms with Crippen molar-refractivity contribution in [3.05, 3.63) is 69.7 Å². The number of hydrogen-bond donors (Lipinski definition) is 0. The number of ether oxygens (including phenoxy) is 1. The molecule has 0 aliphatic rings. The fraction of sp³-hybridized carbons (Fsp3) is 0.0588. The summed E-state index contributed by atoms with van der Waals surface area (Å²) in [6, 6.07) is 14.2. The van der Waals surface area contributed by atoms with Gasteiger partial charge in [0.25, 0.3) is 0 Å². The van der Waals surface area contributed by atoms with E-state index in [1.165, 1.54) is 6.08 Å². The number of benzene rings is 2. The summed E-state index contributed by atoms with van der Waals surface area (Å²) in [5.74, 6) is 0.636. The molecular weight excluding hydrogens is 330 g/mol.